The van der Waals surface area contributed by atoms with Crippen molar-refractivity contribution in [2.45, 2.75) is 58.9 Å². The van der Waals surface area contributed by atoms with Crippen LogP contribution >= 0.6 is 0 Å². The smallest absolute Gasteiger partial charge is 0.254 e. The van der Waals surface area contributed by atoms with E-state index >= 15 is 0 Å². The van der Waals surface area contributed by atoms with E-state index in [-0.39, 0.29) is 22.4 Å². The lowest BCUT2D eigenvalue weighted by Crippen LogP contribution is -2.43. The van der Waals surface area contributed by atoms with Crippen LogP contribution in [0, 0.1) is 5.82 Å². The molecule has 19 heavy (non-hydrogen) atoms. The highest BCUT2D eigenvalue weighted by molar-refractivity contribution is 5.95. The molecule has 0 spiro atoms. The first-order chi connectivity index (χ1) is 8.57. The average Bonchev–Trinajstić information content (AvgIpc) is 2.26. The average molecular weight is 265 g/mol. The first-order valence-corrected chi connectivity index (χ1v) is 6.69. The normalized spacial score (nSPS) is 12.4. The summed E-state index contributed by atoms with van der Waals surface area (Å²) in [5.41, 5.74) is 0.538. The van der Waals surface area contributed by atoms with Crippen LogP contribution in [-0.2, 0) is 5.41 Å². The molecule has 1 aromatic rings. The zero-order chi connectivity index (χ0) is 14.8. The van der Waals surface area contributed by atoms with E-state index in [2.05, 4.69) is 5.32 Å². The fourth-order valence-electron chi connectivity index (χ4n) is 1.63. The summed E-state index contributed by atoms with van der Waals surface area (Å²) >= 11 is 0. The summed E-state index contributed by atoms with van der Waals surface area (Å²) < 4.78 is 14.0. The van der Waals surface area contributed by atoms with Crippen molar-refractivity contribution in [1.82, 2.24) is 5.32 Å². The van der Waals surface area contributed by atoms with Gasteiger partial charge in [0.05, 0.1) is 5.56 Å². The number of halogens is 1. The van der Waals surface area contributed by atoms with Crippen molar-refractivity contribution >= 4 is 5.91 Å². The molecule has 1 N–H and O–H groups in total. The van der Waals surface area contributed by atoms with Crippen LogP contribution in [0.4, 0.5) is 4.39 Å². The summed E-state index contributed by atoms with van der Waals surface area (Å²) in [5, 5.41) is 2.84. The second-order valence-electron chi connectivity index (χ2n) is 6.64. The van der Waals surface area contributed by atoms with Crippen LogP contribution in [0.3, 0.4) is 0 Å². The van der Waals surface area contributed by atoms with Gasteiger partial charge in [0.2, 0.25) is 0 Å². The summed E-state index contributed by atoms with van der Waals surface area (Å²) in [6, 6.07) is 4.84. The SMILES string of the molecule is CCC(C)(C)NC(=O)c1ccc(C(C)(C)C)cc1F. The highest BCUT2D eigenvalue weighted by Crippen LogP contribution is 2.24. The van der Waals surface area contributed by atoms with Gasteiger partial charge in [-0.25, -0.2) is 4.39 Å². The molecule has 1 amide bonds. The van der Waals surface area contributed by atoms with Crippen LogP contribution in [0.2, 0.25) is 0 Å². The molecule has 0 unspecified atom stereocenters. The number of nitrogens with one attached hydrogen (secondary N) is 1. The van der Waals surface area contributed by atoms with Gasteiger partial charge < -0.3 is 5.32 Å². The molecule has 106 valence electrons. The van der Waals surface area contributed by atoms with Crippen LogP contribution in [0.1, 0.15) is 63.9 Å². The number of amides is 1. The maximum absolute atomic E-state index is 14.0. The number of benzene rings is 1. The van der Waals surface area contributed by atoms with Crippen LogP contribution in [0.15, 0.2) is 18.2 Å². The molecule has 2 nitrogen and oxygen atoms in total. The first-order valence-electron chi connectivity index (χ1n) is 6.69. The van der Waals surface area contributed by atoms with Gasteiger partial charge in [-0.05, 0) is 43.4 Å². The summed E-state index contributed by atoms with van der Waals surface area (Å²) in [4.78, 5) is 12.0. The van der Waals surface area contributed by atoms with E-state index in [1.54, 1.807) is 6.07 Å². The molecule has 0 saturated carbocycles. The Hall–Kier alpha value is -1.38. The van der Waals surface area contributed by atoms with Crippen molar-refractivity contribution in [3.8, 4) is 0 Å². The first kappa shape index (κ1) is 15.7. The molecular formula is C16H24FNO. The molecule has 0 fully saturated rings. The zero-order valence-electron chi connectivity index (χ0n) is 12.7. The molecule has 3 heteroatoms. The lowest BCUT2D eigenvalue weighted by atomic mass is 9.86. The van der Waals surface area contributed by atoms with Crippen molar-refractivity contribution < 1.29 is 9.18 Å². The topological polar surface area (TPSA) is 29.1 Å². The predicted molar refractivity (Wildman–Crippen MR) is 76.9 cm³/mol. The highest BCUT2D eigenvalue weighted by atomic mass is 19.1. The fourth-order valence-corrected chi connectivity index (χ4v) is 1.63. The third-order valence-corrected chi connectivity index (χ3v) is 3.42. The number of hydrogen-bond acceptors (Lipinski definition) is 1. The maximum atomic E-state index is 14.0. The molecule has 1 rings (SSSR count). The Morgan fingerprint density at radius 3 is 2.21 bits per heavy atom. The molecular weight excluding hydrogens is 241 g/mol. The minimum Gasteiger partial charge on any atom is -0.347 e. The van der Waals surface area contributed by atoms with E-state index in [1.807, 2.05) is 47.6 Å². The van der Waals surface area contributed by atoms with Gasteiger partial charge in [0.15, 0.2) is 0 Å². The predicted octanol–water partition coefficient (Wildman–Crippen LogP) is 4.04. The molecule has 0 radical (unpaired) electrons. The number of carbonyl (C=O) groups excluding carboxylic acids is 1. The Morgan fingerprint density at radius 2 is 1.79 bits per heavy atom. The van der Waals surface area contributed by atoms with Gasteiger partial charge in [0, 0.05) is 5.54 Å². The van der Waals surface area contributed by atoms with Gasteiger partial charge in [0.1, 0.15) is 5.82 Å². The van der Waals surface area contributed by atoms with E-state index < -0.39 is 5.82 Å². The Morgan fingerprint density at radius 1 is 1.21 bits per heavy atom. The van der Waals surface area contributed by atoms with Gasteiger partial charge >= 0.3 is 0 Å². The van der Waals surface area contributed by atoms with Crippen LogP contribution in [0.5, 0.6) is 0 Å². The Bertz CT molecular complexity index is 472. The Labute approximate surface area is 115 Å². The number of rotatable bonds is 3. The number of carbonyl (C=O) groups is 1. The van der Waals surface area contributed by atoms with Crippen molar-refractivity contribution in [1.29, 1.82) is 0 Å². The number of hydrogen-bond donors (Lipinski definition) is 1. The Kier molecular flexibility index (Phi) is 4.39. The summed E-state index contributed by atoms with van der Waals surface area (Å²) in [5.74, 6) is -0.818. The van der Waals surface area contributed by atoms with Crippen molar-refractivity contribution in [2.75, 3.05) is 0 Å². The molecule has 0 aliphatic carbocycles. The second kappa shape index (κ2) is 5.32. The van der Waals surface area contributed by atoms with Gasteiger partial charge in [-0.3, -0.25) is 4.79 Å². The zero-order valence-corrected chi connectivity index (χ0v) is 12.7. The Balaban J connectivity index is 3.01. The van der Waals surface area contributed by atoms with Gasteiger partial charge in [0.25, 0.3) is 5.91 Å². The molecule has 0 bridgehead atoms. The highest BCUT2D eigenvalue weighted by Gasteiger charge is 2.22. The van der Waals surface area contributed by atoms with Crippen LogP contribution in [-0.4, -0.2) is 11.4 Å². The monoisotopic (exact) mass is 265 g/mol. The fraction of sp³-hybridized carbons (Fsp3) is 0.562. The van der Waals surface area contributed by atoms with E-state index in [1.165, 1.54) is 6.07 Å². The summed E-state index contributed by atoms with van der Waals surface area (Å²) in [6.45, 7) is 11.9. The van der Waals surface area contributed by atoms with E-state index in [0.717, 1.165) is 12.0 Å². The molecule has 0 aromatic heterocycles. The van der Waals surface area contributed by atoms with E-state index in [4.69, 9.17) is 0 Å². The van der Waals surface area contributed by atoms with Gasteiger partial charge in [-0.1, -0.05) is 33.8 Å². The molecule has 1 aromatic carbocycles. The molecule has 0 aliphatic heterocycles. The van der Waals surface area contributed by atoms with Gasteiger partial charge in [-0.15, -0.1) is 0 Å². The maximum Gasteiger partial charge on any atom is 0.254 e. The lowest BCUT2D eigenvalue weighted by molar-refractivity contribution is 0.0907. The lowest BCUT2D eigenvalue weighted by Gasteiger charge is -2.25. The van der Waals surface area contributed by atoms with Crippen molar-refractivity contribution in [3.63, 3.8) is 0 Å². The summed E-state index contributed by atoms with van der Waals surface area (Å²) in [7, 11) is 0. The molecule has 0 aliphatic rings. The molecule has 0 saturated heterocycles. The second-order valence-corrected chi connectivity index (χ2v) is 6.64. The third-order valence-electron chi connectivity index (χ3n) is 3.42. The van der Waals surface area contributed by atoms with Gasteiger partial charge in [-0.2, -0.15) is 0 Å². The van der Waals surface area contributed by atoms with Crippen molar-refractivity contribution in [3.05, 3.63) is 35.1 Å². The largest absolute Gasteiger partial charge is 0.347 e. The van der Waals surface area contributed by atoms with Crippen LogP contribution in [0.25, 0.3) is 0 Å². The quantitative estimate of drug-likeness (QED) is 0.878. The van der Waals surface area contributed by atoms with Crippen LogP contribution < -0.4 is 5.32 Å². The minimum atomic E-state index is -0.461. The summed E-state index contributed by atoms with van der Waals surface area (Å²) in [6.07, 6.45) is 0.792. The minimum absolute atomic E-state index is 0.106. The van der Waals surface area contributed by atoms with E-state index in [9.17, 15) is 9.18 Å². The molecule has 0 atom stereocenters. The van der Waals surface area contributed by atoms with Crippen molar-refractivity contribution in [2.24, 2.45) is 0 Å². The third kappa shape index (κ3) is 4.05. The van der Waals surface area contributed by atoms with E-state index in [0.29, 0.717) is 0 Å². The standard InChI is InChI=1S/C16H24FNO/c1-7-16(5,6)18-14(19)12-9-8-11(10-13(12)17)15(2,3)4/h8-10H,7H2,1-6H3,(H,18,19). The molecule has 0 heterocycles.